The monoisotopic (exact) mass is 106 g/mol. The largest absolute Gasteiger partial charge is 1.00 e. The molecule has 0 saturated carbocycles. The second kappa shape index (κ2) is 20.7. The van der Waals surface area contributed by atoms with E-state index in [2.05, 4.69) is 0 Å². The molecule has 0 aromatic heterocycles. The molecule has 0 amide bonds. The number of rotatable bonds is 0. The molecular formula is CH4ClKO. The van der Waals surface area contributed by atoms with Crippen LogP contribution in [-0.2, 0) is 0 Å². The smallest absolute Gasteiger partial charge is 0.857 e. The van der Waals surface area contributed by atoms with Gasteiger partial charge >= 0.3 is 51.4 Å². The maximum absolute atomic E-state index is 8.25. The standard InChI is InChI=1S/CH3O.ClH.K/c1-2;;/h1H3;1H;/q-1;;+1. The topological polar surface area (TPSA) is 23.1 Å². The molecule has 0 radical (unpaired) electrons. The molecule has 0 aliphatic rings. The molecule has 0 spiro atoms. The van der Waals surface area contributed by atoms with Crippen LogP contribution in [0.2, 0.25) is 0 Å². The zero-order chi connectivity index (χ0) is 2.00. The van der Waals surface area contributed by atoms with Crippen molar-refractivity contribution in [2.45, 2.75) is 0 Å². The Kier molecular flexibility index (Phi) is 87.5. The average Bonchev–Trinajstić information content (AvgIpc) is 1.00. The summed E-state index contributed by atoms with van der Waals surface area (Å²) in [5, 5.41) is 8.25. The summed E-state index contributed by atoms with van der Waals surface area (Å²) in [6.07, 6.45) is 0. The molecule has 0 atom stereocenters. The first-order chi connectivity index (χ1) is 1.00. The summed E-state index contributed by atoms with van der Waals surface area (Å²) in [4.78, 5) is 0. The van der Waals surface area contributed by atoms with E-state index in [9.17, 15) is 0 Å². The first-order valence-corrected chi connectivity index (χ1v) is 0.408. The van der Waals surface area contributed by atoms with Gasteiger partial charge in [-0.2, -0.15) is 7.11 Å². The van der Waals surface area contributed by atoms with Crippen LogP contribution >= 0.6 is 12.4 Å². The van der Waals surface area contributed by atoms with Crippen molar-refractivity contribution in [1.29, 1.82) is 0 Å². The summed E-state index contributed by atoms with van der Waals surface area (Å²) >= 11 is 0. The van der Waals surface area contributed by atoms with Gasteiger partial charge in [0.2, 0.25) is 0 Å². The van der Waals surface area contributed by atoms with Gasteiger partial charge in [-0.15, -0.1) is 12.4 Å². The first-order valence-electron chi connectivity index (χ1n) is 0.408. The van der Waals surface area contributed by atoms with E-state index in [0.717, 1.165) is 7.11 Å². The molecule has 3 heteroatoms. The van der Waals surface area contributed by atoms with Crippen LogP contribution < -0.4 is 56.5 Å². The van der Waals surface area contributed by atoms with Gasteiger partial charge < -0.3 is 5.11 Å². The van der Waals surface area contributed by atoms with Crippen LogP contribution in [-0.4, -0.2) is 7.11 Å². The van der Waals surface area contributed by atoms with Crippen molar-refractivity contribution in [1.82, 2.24) is 0 Å². The fraction of sp³-hybridized carbons (Fsp3) is 1.00. The van der Waals surface area contributed by atoms with Crippen LogP contribution in [0.3, 0.4) is 0 Å². The quantitative estimate of drug-likeness (QED) is 0.293. The minimum atomic E-state index is 0. The maximum Gasteiger partial charge on any atom is 1.00 e. The van der Waals surface area contributed by atoms with E-state index in [1.807, 2.05) is 0 Å². The fourth-order valence-corrected chi connectivity index (χ4v) is 0. The summed E-state index contributed by atoms with van der Waals surface area (Å²) in [5.41, 5.74) is 0. The van der Waals surface area contributed by atoms with Crippen LogP contribution in [0.4, 0.5) is 0 Å². The molecule has 0 saturated heterocycles. The predicted octanol–water partition coefficient (Wildman–Crippen LogP) is -3.60. The second-order valence-electron chi connectivity index (χ2n) is 0. The number of halogens is 1. The van der Waals surface area contributed by atoms with Crippen LogP contribution in [0.5, 0.6) is 0 Å². The van der Waals surface area contributed by atoms with Crippen molar-refractivity contribution in [3.8, 4) is 0 Å². The molecule has 0 aromatic rings. The van der Waals surface area contributed by atoms with Gasteiger partial charge in [-0.1, -0.05) is 0 Å². The van der Waals surface area contributed by atoms with Crippen LogP contribution in [0.25, 0.3) is 0 Å². The van der Waals surface area contributed by atoms with Gasteiger partial charge in [-0.05, 0) is 0 Å². The van der Waals surface area contributed by atoms with Gasteiger partial charge in [0.1, 0.15) is 0 Å². The van der Waals surface area contributed by atoms with E-state index in [0.29, 0.717) is 0 Å². The van der Waals surface area contributed by atoms with Crippen LogP contribution in [0, 0.1) is 0 Å². The van der Waals surface area contributed by atoms with Gasteiger partial charge in [-0.25, -0.2) is 0 Å². The molecule has 0 aliphatic heterocycles. The van der Waals surface area contributed by atoms with Crippen molar-refractivity contribution in [2.24, 2.45) is 0 Å². The summed E-state index contributed by atoms with van der Waals surface area (Å²) < 4.78 is 0. The third kappa shape index (κ3) is 9.10. The molecule has 0 fully saturated rings. The van der Waals surface area contributed by atoms with Crippen molar-refractivity contribution in [3.63, 3.8) is 0 Å². The fourth-order valence-electron chi connectivity index (χ4n) is 0. The van der Waals surface area contributed by atoms with Crippen molar-refractivity contribution < 1.29 is 56.5 Å². The Morgan fingerprint density at radius 1 is 1.25 bits per heavy atom. The molecule has 4 heavy (non-hydrogen) atoms. The Bertz CT molecular complexity index is 8.00. The summed E-state index contributed by atoms with van der Waals surface area (Å²) in [7, 11) is 0.750. The Balaban J connectivity index is -0.00000000500. The summed E-state index contributed by atoms with van der Waals surface area (Å²) in [5.74, 6) is 0. The number of hydrogen-bond donors (Lipinski definition) is 0. The average molecular weight is 107 g/mol. The van der Waals surface area contributed by atoms with Gasteiger partial charge in [0.15, 0.2) is 0 Å². The van der Waals surface area contributed by atoms with Gasteiger partial charge in [0.25, 0.3) is 0 Å². The molecule has 0 unspecified atom stereocenters. The molecule has 0 rings (SSSR count). The molecule has 1 nitrogen and oxygen atoms in total. The van der Waals surface area contributed by atoms with Crippen LogP contribution in [0.1, 0.15) is 0 Å². The first kappa shape index (κ1) is 16.9. The molecule has 22 valence electrons. The van der Waals surface area contributed by atoms with E-state index < -0.39 is 0 Å². The zero-order valence-electron chi connectivity index (χ0n) is 2.82. The predicted molar refractivity (Wildman–Crippen MR) is 13.2 cm³/mol. The molecule has 0 aromatic carbocycles. The maximum atomic E-state index is 8.25. The normalized spacial score (nSPS) is 1.50. The summed E-state index contributed by atoms with van der Waals surface area (Å²) in [6.45, 7) is 0. The number of hydrogen-bond acceptors (Lipinski definition) is 1. The molecule has 0 N–H and O–H groups in total. The van der Waals surface area contributed by atoms with E-state index in [4.69, 9.17) is 5.11 Å². The molecule has 0 bridgehead atoms. The van der Waals surface area contributed by atoms with Gasteiger partial charge in [-0.3, -0.25) is 0 Å². The van der Waals surface area contributed by atoms with Crippen LogP contribution in [0.15, 0.2) is 0 Å². The second-order valence-corrected chi connectivity index (χ2v) is 0. The Labute approximate surface area is 74.6 Å². The zero-order valence-corrected chi connectivity index (χ0v) is 6.76. The molecule has 0 aliphatic carbocycles. The van der Waals surface area contributed by atoms with E-state index in [-0.39, 0.29) is 63.8 Å². The van der Waals surface area contributed by atoms with E-state index in [1.165, 1.54) is 0 Å². The van der Waals surface area contributed by atoms with Crippen molar-refractivity contribution >= 4 is 12.4 Å². The third-order valence-corrected chi connectivity index (χ3v) is 0. The minimum Gasteiger partial charge on any atom is -0.857 e. The Morgan fingerprint density at radius 3 is 1.25 bits per heavy atom. The molecule has 0 heterocycles. The van der Waals surface area contributed by atoms with Gasteiger partial charge in [0, 0.05) is 0 Å². The van der Waals surface area contributed by atoms with Crippen molar-refractivity contribution in [3.05, 3.63) is 0 Å². The Hall–Kier alpha value is 1.89. The SMILES string of the molecule is C[O-].Cl.[K+]. The molecular weight excluding hydrogens is 103 g/mol. The van der Waals surface area contributed by atoms with E-state index >= 15 is 0 Å². The third-order valence-electron chi connectivity index (χ3n) is 0. The van der Waals surface area contributed by atoms with Gasteiger partial charge in [0.05, 0.1) is 0 Å². The Morgan fingerprint density at radius 2 is 1.25 bits per heavy atom. The minimum absolute atomic E-state index is 0. The van der Waals surface area contributed by atoms with Crippen molar-refractivity contribution in [2.75, 3.05) is 7.11 Å². The van der Waals surface area contributed by atoms with E-state index in [1.54, 1.807) is 0 Å². The summed E-state index contributed by atoms with van der Waals surface area (Å²) in [6, 6.07) is 0.